The first-order chi connectivity index (χ1) is 7.93. The van der Waals surface area contributed by atoms with Gasteiger partial charge in [-0.1, -0.05) is 37.1 Å². The first kappa shape index (κ1) is 9.58. The molecule has 0 aromatic heterocycles. The van der Waals surface area contributed by atoms with Gasteiger partial charge in [-0.3, -0.25) is 0 Å². The zero-order valence-electron chi connectivity index (χ0n) is 9.56. The largest absolute Gasteiger partial charge is 0.154 e. The summed E-state index contributed by atoms with van der Waals surface area (Å²) in [5, 5.41) is 1.92. The second kappa shape index (κ2) is 3.53. The van der Waals surface area contributed by atoms with Crippen molar-refractivity contribution in [1.82, 2.24) is 0 Å². The molecule has 1 aliphatic heterocycles. The molecule has 0 amide bonds. The molecule has 16 heavy (non-hydrogen) atoms. The van der Waals surface area contributed by atoms with Crippen LogP contribution in [0.25, 0.3) is 0 Å². The minimum Gasteiger partial charge on any atom is -0.154 e. The molecule has 1 saturated carbocycles. The Kier molecular flexibility index (Phi) is 2.11. The van der Waals surface area contributed by atoms with Crippen LogP contribution in [0, 0.1) is 5.92 Å². The van der Waals surface area contributed by atoms with Gasteiger partial charge >= 0.3 is 0 Å². The molecule has 1 saturated heterocycles. The first-order valence-electron chi connectivity index (χ1n) is 6.67. The summed E-state index contributed by atoms with van der Waals surface area (Å²) in [5.41, 5.74) is 3.35. The van der Waals surface area contributed by atoms with Gasteiger partial charge in [0, 0.05) is 16.4 Å². The summed E-state index contributed by atoms with van der Waals surface area (Å²) in [7, 11) is 0. The second-order valence-corrected chi connectivity index (χ2v) is 7.07. The van der Waals surface area contributed by atoms with Gasteiger partial charge in [-0.05, 0) is 36.3 Å². The van der Waals surface area contributed by atoms with Gasteiger partial charge < -0.3 is 0 Å². The molecule has 4 atom stereocenters. The van der Waals surface area contributed by atoms with Crippen LogP contribution in [0.4, 0.5) is 0 Å². The molecule has 1 aromatic carbocycles. The van der Waals surface area contributed by atoms with Gasteiger partial charge in [0.2, 0.25) is 0 Å². The van der Waals surface area contributed by atoms with Crippen molar-refractivity contribution in [3.63, 3.8) is 0 Å². The monoisotopic (exact) mass is 230 g/mol. The van der Waals surface area contributed by atoms with Crippen molar-refractivity contribution in [3.8, 4) is 0 Å². The van der Waals surface area contributed by atoms with Crippen molar-refractivity contribution >= 4 is 11.8 Å². The average molecular weight is 230 g/mol. The molecule has 1 heteroatoms. The molecule has 0 N–H and O–H groups in total. The highest BCUT2D eigenvalue weighted by atomic mass is 32.2. The van der Waals surface area contributed by atoms with Crippen LogP contribution in [0.3, 0.4) is 0 Å². The Morgan fingerprint density at radius 2 is 1.88 bits per heavy atom. The Morgan fingerprint density at radius 1 is 1.00 bits per heavy atom. The van der Waals surface area contributed by atoms with Crippen LogP contribution >= 0.6 is 11.8 Å². The van der Waals surface area contributed by atoms with Gasteiger partial charge in [-0.25, -0.2) is 0 Å². The van der Waals surface area contributed by atoms with E-state index in [-0.39, 0.29) is 0 Å². The fraction of sp³-hybridized carbons (Fsp3) is 0.600. The topological polar surface area (TPSA) is 0 Å². The van der Waals surface area contributed by atoms with Gasteiger partial charge in [-0.2, -0.15) is 11.8 Å². The average Bonchev–Trinajstić information content (AvgIpc) is 2.83. The second-order valence-electron chi connectivity index (χ2n) is 5.59. The number of hydrogen-bond acceptors (Lipinski definition) is 1. The highest BCUT2D eigenvalue weighted by molar-refractivity contribution is 8.00. The highest BCUT2D eigenvalue weighted by Gasteiger charge is 2.48. The summed E-state index contributed by atoms with van der Waals surface area (Å²) in [6.45, 7) is 0. The van der Waals surface area contributed by atoms with E-state index in [4.69, 9.17) is 0 Å². The number of hydrogen-bond donors (Lipinski definition) is 0. The van der Waals surface area contributed by atoms with Gasteiger partial charge in [0.1, 0.15) is 0 Å². The van der Waals surface area contributed by atoms with E-state index >= 15 is 0 Å². The molecule has 3 aliphatic rings. The summed E-state index contributed by atoms with van der Waals surface area (Å²) < 4.78 is 0. The van der Waals surface area contributed by atoms with Crippen LogP contribution in [-0.2, 0) is 6.42 Å². The minimum atomic E-state index is 0.909. The smallest absolute Gasteiger partial charge is 0.0162 e. The van der Waals surface area contributed by atoms with E-state index in [9.17, 15) is 0 Å². The molecule has 2 aliphatic carbocycles. The summed E-state index contributed by atoms with van der Waals surface area (Å²) in [5.74, 6) is 1.92. The number of thioether (sulfide) groups is 1. The zero-order chi connectivity index (χ0) is 10.5. The molecule has 2 fully saturated rings. The lowest BCUT2D eigenvalue weighted by Crippen LogP contribution is -2.21. The van der Waals surface area contributed by atoms with Gasteiger partial charge in [0.05, 0.1) is 0 Å². The molecule has 4 unspecified atom stereocenters. The van der Waals surface area contributed by atoms with E-state index < -0.39 is 0 Å². The molecule has 4 rings (SSSR count). The SMILES string of the molecule is c1ccc2c(c1)CC1SC3CCCCC3C21. The van der Waals surface area contributed by atoms with Gasteiger partial charge in [0.15, 0.2) is 0 Å². The fourth-order valence-electron chi connectivity index (χ4n) is 4.16. The van der Waals surface area contributed by atoms with Crippen molar-refractivity contribution in [1.29, 1.82) is 0 Å². The molecular weight excluding hydrogens is 212 g/mol. The number of fused-ring (bicyclic) bond motifs is 5. The Bertz CT molecular complexity index is 412. The zero-order valence-corrected chi connectivity index (χ0v) is 10.4. The molecule has 0 nitrogen and oxygen atoms in total. The predicted octanol–water partition coefficient (Wildman–Crippen LogP) is 4.00. The lowest BCUT2D eigenvalue weighted by Gasteiger charge is -2.28. The summed E-state index contributed by atoms with van der Waals surface area (Å²) in [6.07, 6.45) is 7.29. The van der Waals surface area contributed by atoms with Crippen molar-refractivity contribution in [2.24, 2.45) is 5.92 Å². The molecule has 0 bridgehead atoms. The molecule has 1 aromatic rings. The van der Waals surface area contributed by atoms with E-state index in [1.54, 1.807) is 11.1 Å². The first-order valence-corrected chi connectivity index (χ1v) is 7.61. The van der Waals surface area contributed by atoms with E-state index in [0.717, 1.165) is 22.3 Å². The van der Waals surface area contributed by atoms with Gasteiger partial charge in [0.25, 0.3) is 0 Å². The number of rotatable bonds is 0. The van der Waals surface area contributed by atoms with Crippen molar-refractivity contribution in [2.75, 3.05) is 0 Å². The predicted molar refractivity (Wildman–Crippen MR) is 70.0 cm³/mol. The number of benzene rings is 1. The van der Waals surface area contributed by atoms with E-state index in [0.29, 0.717) is 0 Å². The van der Waals surface area contributed by atoms with Crippen LogP contribution in [0.5, 0.6) is 0 Å². The fourth-order valence-corrected chi connectivity index (χ4v) is 6.21. The normalized spacial score (nSPS) is 40.2. The maximum Gasteiger partial charge on any atom is 0.0162 e. The van der Waals surface area contributed by atoms with E-state index in [1.807, 2.05) is 0 Å². The third kappa shape index (κ3) is 1.24. The summed E-state index contributed by atoms with van der Waals surface area (Å²) >= 11 is 2.32. The van der Waals surface area contributed by atoms with Crippen molar-refractivity contribution < 1.29 is 0 Å². The Balaban J connectivity index is 1.74. The highest BCUT2D eigenvalue weighted by Crippen LogP contribution is 2.58. The third-order valence-electron chi connectivity index (χ3n) is 4.80. The standard InChI is InChI=1S/C15H18S/c1-2-6-11-10(5-1)9-14-15(11)12-7-3-4-8-13(12)16-14/h1-2,5-6,12-15H,3-4,7-9H2. The van der Waals surface area contributed by atoms with Crippen molar-refractivity contribution in [2.45, 2.75) is 48.5 Å². The Hall–Kier alpha value is -0.430. The minimum absolute atomic E-state index is 0.909. The summed E-state index contributed by atoms with van der Waals surface area (Å²) in [4.78, 5) is 0. The molecule has 1 heterocycles. The van der Waals surface area contributed by atoms with Crippen LogP contribution in [0.1, 0.15) is 42.7 Å². The maximum atomic E-state index is 2.40. The molecular formula is C15H18S. The Labute approximate surface area is 102 Å². The van der Waals surface area contributed by atoms with Crippen LogP contribution < -0.4 is 0 Å². The van der Waals surface area contributed by atoms with Crippen LogP contribution in [-0.4, -0.2) is 10.5 Å². The quantitative estimate of drug-likeness (QED) is 0.649. The third-order valence-corrected chi connectivity index (χ3v) is 6.54. The lowest BCUT2D eigenvalue weighted by molar-refractivity contribution is 0.338. The van der Waals surface area contributed by atoms with Crippen LogP contribution in [0.2, 0.25) is 0 Å². The van der Waals surface area contributed by atoms with Crippen molar-refractivity contribution in [3.05, 3.63) is 35.4 Å². The summed E-state index contributed by atoms with van der Waals surface area (Å²) in [6, 6.07) is 9.20. The molecule has 0 spiro atoms. The lowest BCUT2D eigenvalue weighted by atomic mass is 9.77. The maximum absolute atomic E-state index is 2.40. The van der Waals surface area contributed by atoms with Crippen LogP contribution in [0.15, 0.2) is 24.3 Å². The van der Waals surface area contributed by atoms with E-state index in [1.165, 1.54) is 32.1 Å². The van der Waals surface area contributed by atoms with Gasteiger partial charge in [-0.15, -0.1) is 0 Å². The van der Waals surface area contributed by atoms with E-state index in [2.05, 4.69) is 36.0 Å². The Morgan fingerprint density at radius 3 is 2.88 bits per heavy atom. The molecule has 0 radical (unpaired) electrons. The molecule has 84 valence electrons.